The van der Waals surface area contributed by atoms with Crippen molar-refractivity contribution in [2.24, 2.45) is 5.84 Å². The van der Waals surface area contributed by atoms with Crippen LogP contribution in [-0.4, -0.2) is 16.4 Å². The highest BCUT2D eigenvalue weighted by atomic mass is 32.1. The zero-order valence-electron chi connectivity index (χ0n) is 10.5. The SMILES string of the molecule is CCN(Cc1cccs1)Cc1cccnc1NN. The fraction of sp³-hybridized carbons (Fsp3) is 0.308. The van der Waals surface area contributed by atoms with E-state index in [1.807, 2.05) is 6.07 Å². The molecule has 2 heterocycles. The van der Waals surface area contributed by atoms with Gasteiger partial charge in [-0.3, -0.25) is 4.90 Å². The number of nitrogens with two attached hydrogens (primary N) is 1. The minimum atomic E-state index is 0.752. The summed E-state index contributed by atoms with van der Waals surface area (Å²) in [6.07, 6.45) is 1.74. The maximum absolute atomic E-state index is 5.47. The van der Waals surface area contributed by atoms with Crippen molar-refractivity contribution >= 4 is 17.2 Å². The van der Waals surface area contributed by atoms with Crippen molar-refractivity contribution < 1.29 is 0 Å². The van der Waals surface area contributed by atoms with Gasteiger partial charge < -0.3 is 5.43 Å². The van der Waals surface area contributed by atoms with Gasteiger partial charge in [-0.25, -0.2) is 10.8 Å². The fourth-order valence-electron chi connectivity index (χ4n) is 1.84. The summed E-state index contributed by atoms with van der Waals surface area (Å²) in [7, 11) is 0. The number of rotatable bonds is 6. The van der Waals surface area contributed by atoms with Crippen molar-refractivity contribution in [2.75, 3.05) is 12.0 Å². The molecule has 0 atom stereocenters. The minimum Gasteiger partial charge on any atom is -0.308 e. The highest BCUT2D eigenvalue weighted by Crippen LogP contribution is 2.17. The molecule has 0 aliphatic heterocycles. The molecule has 0 spiro atoms. The predicted octanol–water partition coefficient (Wildman–Crippen LogP) is 2.45. The van der Waals surface area contributed by atoms with Gasteiger partial charge in [0.1, 0.15) is 5.82 Å². The van der Waals surface area contributed by atoms with Crippen LogP contribution in [-0.2, 0) is 13.1 Å². The van der Waals surface area contributed by atoms with Gasteiger partial charge in [-0.2, -0.15) is 0 Å². The molecule has 0 aliphatic carbocycles. The van der Waals surface area contributed by atoms with Crippen LogP contribution in [0.5, 0.6) is 0 Å². The number of hydrogen-bond donors (Lipinski definition) is 2. The Morgan fingerprint density at radius 3 is 2.89 bits per heavy atom. The molecule has 0 fully saturated rings. The van der Waals surface area contributed by atoms with Crippen LogP contribution in [0.4, 0.5) is 5.82 Å². The summed E-state index contributed by atoms with van der Waals surface area (Å²) in [6.45, 7) is 4.98. The third-order valence-electron chi connectivity index (χ3n) is 2.83. The van der Waals surface area contributed by atoms with Gasteiger partial charge in [0.25, 0.3) is 0 Å². The Bertz CT molecular complexity index is 470. The molecule has 0 aliphatic rings. The zero-order valence-corrected chi connectivity index (χ0v) is 11.3. The Hall–Kier alpha value is -1.43. The maximum Gasteiger partial charge on any atom is 0.144 e. The van der Waals surface area contributed by atoms with Gasteiger partial charge in [0.15, 0.2) is 0 Å². The van der Waals surface area contributed by atoms with E-state index in [4.69, 9.17) is 5.84 Å². The first-order valence-electron chi connectivity index (χ1n) is 5.98. The van der Waals surface area contributed by atoms with Crippen molar-refractivity contribution in [1.82, 2.24) is 9.88 Å². The zero-order chi connectivity index (χ0) is 12.8. The topological polar surface area (TPSA) is 54.2 Å². The van der Waals surface area contributed by atoms with Gasteiger partial charge in [0.05, 0.1) is 0 Å². The highest BCUT2D eigenvalue weighted by Gasteiger charge is 2.09. The molecule has 2 aromatic heterocycles. The van der Waals surface area contributed by atoms with Crippen LogP contribution in [0.1, 0.15) is 17.4 Å². The van der Waals surface area contributed by atoms with E-state index in [0.717, 1.165) is 31.0 Å². The Kier molecular flexibility index (Phi) is 4.69. The number of nitrogens with zero attached hydrogens (tertiary/aromatic N) is 2. The first-order chi connectivity index (χ1) is 8.83. The molecule has 18 heavy (non-hydrogen) atoms. The van der Waals surface area contributed by atoms with Crippen LogP contribution in [0.3, 0.4) is 0 Å². The second-order valence-electron chi connectivity index (χ2n) is 4.04. The van der Waals surface area contributed by atoms with Gasteiger partial charge in [-0.05, 0) is 24.1 Å². The molecule has 0 unspecified atom stereocenters. The molecule has 0 aromatic carbocycles. The lowest BCUT2D eigenvalue weighted by atomic mass is 10.2. The van der Waals surface area contributed by atoms with Crippen molar-refractivity contribution in [3.8, 4) is 0 Å². The Morgan fingerprint density at radius 2 is 2.22 bits per heavy atom. The summed E-state index contributed by atoms with van der Waals surface area (Å²) in [5.74, 6) is 6.23. The molecule has 2 rings (SSSR count). The number of anilines is 1. The van der Waals surface area contributed by atoms with Crippen molar-refractivity contribution in [3.05, 3.63) is 46.3 Å². The number of hydrogen-bond acceptors (Lipinski definition) is 5. The first kappa shape index (κ1) is 13.0. The molecule has 5 heteroatoms. The molecule has 0 amide bonds. The summed E-state index contributed by atoms with van der Waals surface area (Å²) >= 11 is 1.79. The van der Waals surface area contributed by atoms with Crippen LogP contribution < -0.4 is 11.3 Å². The second-order valence-corrected chi connectivity index (χ2v) is 5.07. The fourth-order valence-corrected chi connectivity index (χ4v) is 2.59. The minimum absolute atomic E-state index is 0.752. The average molecular weight is 262 g/mol. The van der Waals surface area contributed by atoms with Gasteiger partial charge in [-0.15, -0.1) is 11.3 Å². The predicted molar refractivity (Wildman–Crippen MR) is 76.2 cm³/mol. The molecular weight excluding hydrogens is 244 g/mol. The number of hydrazine groups is 1. The first-order valence-corrected chi connectivity index (χ1v) is 6.86. The van der Waals surface area contributed by atoms with Crippen LogP contribution >= 0.6 is 11.3 Å². The van der Waals surface area contributed by atoms with E-state index in [1.54, 1.807) is 17.5 Å². The molecule has 96 valence electrons. The molecule has 4 nitrogen and oxygen atoms in total. The number of pyridine rings is 1. The lowest BCUT2D eigenvalue weighted by molar-refractivity contribution is 0.274. The lowest BCUT2D eigenvalue weighted by Gasteiger charge is -2.20. The van der Waals surface area contributed by atoms with E-state index >= 15 is 0 Å². The van der Waals surface area contributed by atoms with Gasteiger partial charge >= 0.3 is 0 Å². The van der Waals surface area contributed by atoms with E-state index in [2.05, 4.69) is 45.8 Å². The van der Waals surface area contributed by atoms with Crippen LogP contribution in [0.25, 0.3) is 0 Å². The molecule has 0 saturated carbocycles. The summed E-state index contributed by atoms with van der Waals surface area (Å²) in [5, 5.41) is 2.11. The molecule has 0 bridgehead atoms. The van der Waals surface area contributed by atoms with E-state index < -0.39 is 0 Å². The molecule has 0 saturated heterocycles. The summed E-state index contributed by atoms with van der Waals surface area (Å²) in [6, 6.07) is 8.25. The summed E-state index contributed by atoms with van der Waals surface area (Å²) in [4.78, 5) is 7.96. The number of aromatic nitrogens is 1. The Morgan fingerprint density at radius 1 is 1.33 bits per heavy atom. The van der Waals surface area contributed by atoms with Crippen LogP contribution in [0.15, 0.2) is 35.8 Å². The Balaban J connectivity index is 2.05. The van der Waals surface area contributed by atoms with Gasteiger partial charge in [0, 0.05) is 29.7 Å². The van der Waals surface area contributed by atoms with E-state index in [-0.39, 0.29) is 0 Å². The molecule has 0 radical (unpaired) electrons. The summed E-state index contributed by atoms with van der Waals surface area (Å²) < 4.78 is 0. The Labute approximate surface area is 111 Å². The van der Waals surface area contributed by atoms with Crippen LogP contribution in [0, 0.1) is 0 Å². The van der Waals surface area contributed by atoms with E-state index in [1.165, 1.54) is 4.88 Å². The van der Waals surface area contributed by atoms with Gasteiger partial charge in [0.2, 0.25) is 0 Å². The van der Waals surface area contributed by atoms with E-state index in [9.17, 15) is 0 Å². The highest BCUT2D eigenvalue weighted by molar-refractivity contribution is 7.09. The monoisotopic (exact) mass is 262 g/mol. The van der Waals surface area contributed by atoms with Crippen molar-refractivity contribution in [1.29, 1.82) is 0 Å². The van der Waals surface area contributed by atoms with E-state index in [0.29, 0.717) is 0 Å². The maximum atomic E-state index is 5.47. The average Bonchev–Trinajstić information content (AvgIpc) is 2.91. The smallest absolute Gasteiger partial charge is 0.144 e. The standard InChI is InChI=1S/C13H18N4S/c1-2-17(10-12-6-4-8-18-12)9-11-5-3-7-15-13(11)16-14/h3-8H,2,9-10,14H2,1H3,(H,15,16). The molecular formula is C13H18N4S. The number of nitrogens with one attached hydrogen (secondary N) is 1. The third kappa shape index (κ3) is 3.29. The van der Waals surface area contributed by atoms with Crippen LogP contribution in [0.2, 0.25) is 0 Å². The largest absolute Gasteiger partial charge is 0.308 e. The second kappa shape index (κ2) is 6.49. The number of thiophene rings is 1. The quantitative estimate of drug-likeness (QED) is 0.620. The molecule has 3 N–H and O–H groups in total. The van der Waals surface area contributed by atoms with Crippen molar-refractivity contribution in [3.63, 3.8) is 0 Å². The molecule has 2 aromatic rings. The third-order valence-corrected chi connectivity index (χ3v) is 3.69. The van der Waals surface area contributed by atoms with Crippen molar-refractivity contribution in [2.45, 2.75) is 20.0 Å². The lowest BCUT2D eigenvalue weighted by Crippen LogP contribution is -2.23. The normalized spacial score (nSPS) is 10.8. The van der Waals surface area contributed by atoms with Gasteiger partial charge in [-0.1, -0.05) is 19.1 Å². The summed E-state index contributed by atoms with van der Waals surface area (Å²) in [5.41, 5.74) is 3.77. The number of nitrogen functional groups attached to an aromatic ring is 1.